The quantitative estimate of drug-likeness (QED) is 0.641. The molecule has 2 heterocycles. The van der Waals surface area contributed by atoms with E-state index < -0.39 is 0 Å². The molecule has 1 fully saturated rings. The Labute approximate surface area is 175 Å². The van der Waals surface area contributed by atoms with Crippen molar-refractivity contribution in [3.8, 4) is 28.5 Å². The first-order valence-corrected chi connectivity index (χ1v) is 9.66. The molecule has 2 aromatic carbocycles. The van der Waals surface area contributed by atoms with Crippen LogP contribution in [0.5, 0.6) is 17.2 Å². The Hall–Kier alpha value is -3.52. The number of nitrogens with zero attached hydrogens (tertiary/aromatic N) is 3. The maximum Gasteiger partial charge on any atom is 0.228 e. The van der Waals surface area contributed by atoms with Crippen LogP contribution < -0.4 is 19.7 Å². The van der Waals surface area contributed by atoms with Gasteiger partial charge < -0.3 is 29.5 Å². The van der Waals surface area contributed by atoms with Crippen molar-refractivity contribution in [2.24, 2.45) is 0 Å². The maximum atomic E-state index is 9.90. The Kier molecular flexibility index (Phi) is 5.85. The SMILES string of the molecule is COc1ccc(Nc2cc(-c3cccc(O)c3)nc(N3CCOCC3)n2)c(OC)c1. The van der Waals surface area contributed by atoms with Crippen LogP contribution in [-0.4, -0.2) is 55.6 Å². The van der Waals surface area contributed by atoms with E-state index >= 15 is 0 Å². The lowest BCUT2D eigenvalue weighted by Crippen LogP contribution is -2.37. The van der Waals surface area contributed by atoms with Crippen LogP contribution in [-0.2, 0) is 4.74 Å². The lowest BCUT2D eigenvalue weighted by molar-refractivity contribution is 0.122. The number of morpholine rings is 1. The molecule has 3 aromatic rings. The zero-order chi connectivity index (χ0) is 20.9. The summed E-state index contributed by atoms with van der Waals surface area (Å²) in [5.74, 6) is 2.75. The normalized spacial score (nSPS) is 13.7. The van der Waals surface area contributed by atoms with Gasteiger partial charge in [-0.3, -0.25) is 0 Å². The van der Waals surface area contributed by atoms with Crippen molar-refractivity contribution in [1.82, 2.24) is 9.97 Å². The molecule has 0 amide bonds. The van der Waals surface area contributed by atoms with Crippen molar-refractivity contribution >= 4 is 17.5 Å². The number of aromatic hydroxyl groups is 1. The number of ether oxygens (including phenoxy) is 3. The van der Waals surface area contributed by atoms with Crippen LogP contribution in [0.3, 0.4) is 0 Å². The number of aromatic nitrogens is 2. The summed E-state index contributed by atoms with van der Waals surface area (Å²) in [6, 6.07) is 14.4. The third kappa shape index (κ3) is 4.38. The van der Waals surface area contributed by atoms with E-state index in [0.717, 1.165) is 24.3 Å². The van der Waals surface area contributed by atoms with Gasteiger partial charge in [0.25, 0.3) is 0 Å². The zero-order valence-corrected chi connectivity index (χ0v) is 17.0. The molecule has 0 radical (unpaired) electrons. The molecular weight excluding hydrogens is 384 g/mol. The van der Waals surface area contributed by atoms with E-state index in [2.05, 4.69) is 10.2 Å². The Balaban J connectivity index is 1.74. The van der Waals surface area contributed by atoms with Gasteiger partial charge in [-0.1, -0.05) is 12.1 Å². The van der Waals surface area contributed by atoms with Crippen LogP contribution in [0.4, 0.5) is 17.5 Å². The predicted molar refractivity (Wildman–Crippen MR) is 115 cm³/mol. The van der Waals surface area contributed by atoms with E-state index in [1.807, 2.05) is 30.3 Å². The lowest BCUT2D eigenvalue weighted by Gasteiger charge is -2.27. The number of rotatable bonds is 6. The smallest absolute Gasteiger partial charge is 0.228 e. The monoisotopic (exact) mass is 408 g/mol. The Morgan fingerprint density at radius 2 is 1.83 bits per heavy atom. The summed E-state index contributed by atoms with van der Waals surface area (Å²) >= 11 is 0. The summed E-state index contributed by atoms with van der Waals surface area (Å²) in [5.41, 5.74) is 2.26. The molecule has 2 N–H and O–H groups in total. The Bertz CT molecular complexity index is 1020. The van der Waals surface area contributed by atoms with E-state index in [1.165, 1.54) is 0 Å². The minimum Gasteiger partial charge on any atom is -0.508 e. The van der Waals surface area contributed by atoms with Gasteiger partial charge in [-0.2, -0.15) is 4.98 Å². The number of nitrogens with one attached hydrogen (secondary N) is 1. The average molecular weight is 408 g/mol. The highest BCUT2D eigenvalue weighted by Gasteiger charge is 2.17. The molecular formula is C22H24N4O4. The van der Waals surface area contributed by atoms with Gasteiger partial charge >= 0.3 is 0 Å². The number of benzene rings is 2. The summed E-state index contributed by atoms with van der Waals surface area (Å²) in [7, 11) is 3.22. The van der Waals surface area contributed by atoms with Crippen LogP contribution in [0.15, 0.2) is 48.5 Å². The third-order valence-corrected chi connectivity index (χ3v) is 4.82. The van der Waals surface area contributed by atoms with Crippen molar-refractivity contribution in [1.29, 1.82) is 0 Å². The molecule has 0 saturated carbocycles. The summed E-state index contributed by atoms with van der Waals surface area (Å²) in [4.78, 5) is 11.5. The fraction of sp³-hybridized carbons (Fsp3) is 0.273. The highest BCUT2D eigenvalue weighted by molar-refractivity contribution is 5.71. The van der Waals surface area contributed by atoms with Gasteiger partial charge in [0.05, 0.1) is 38.8 Å². The number of hydrogen-bond donors (Lipinski definition) is 2. The fourth-order valence-electron chi connectivity index (χ4n) is 3.26. The molecule has 30 heavy (non-hydrogen) atoms. The summed E-state index contributed by atoms with van der Waals surface area (Å²) in [6.45, 7) is 2.70. The van der Waals surface area contributed by atoms with E-state index in [1.54, 1.807) is 32.4 Å². The molecule has 1 aliphatic heterocycles. The second-order valence-electron chi connectivity index (χ2n) is 6.78. The zero-order valence-electron chi connectivity index (χ0n) is 17.0. The van der Waals surface area contributed by atoms with Crippen LogP contribution >= 0.6 is 0 Å². The summed E-state index contributed by atoms with van der Waals surface area (Å²) in [6.07, 6.45) is 0. The fourth-order valence-corrected chi connectivity index (χ4v) is 3.26. The van der Waals surface area contributed by atoms with Gasteiger partial charge in [-0.05, 0) is 24.3 Å². The van der Waals surface area contributed by atoms with Crippen molar-refractivity contribution in [3.05, 3.63) is 48.5 Å². The van der Waals surface area contributed by atoms with Crippen LogP contribution in [0, 0.1) is 0 Å². The van der Waals surface area contributed by atoms with Crippen molar-refractivity contribution in [2.75, 3.05) is 50.7 Å². The minimum absolute atomic E-state index is 0.186. The average Bonchev–Trinajstić information content (AvgIpc) is 2.79. The molecule has 0 aliphatic carbocycles. The molecule has 1 saturated heterocycles. The number of phenols is 1. The van der Waals surface area contributed by atoms with Gasteiger partial charge in [0.2, 0.25) is 5.95 Å². The second-order valence-corrected chi connectivity index (χ2v) is 6.78. The predicted octanol–water partition coefficient (Wildman–Crippen LogP) is 3.45. The Morgan fingerprint density at radius 3 is 2.57 bits per heavy atom. The molecule has 156 valence electrons. The highest BCUT2D eigenvalue weighted by atomic mass is 16.5. The largest absolute Gasteiger partial charge is 0.508 e. The van der Waals surface area contributed by atoms with Gasteiger partial charge in [0, 0.05) is 30.8 Å². The molecule has 4 rings (SSSR count). The minimum atomic E-state index is 0.186. The summed E-state index contributed by atoms with van der Waals surface area (Å²) < 4.78 is 16.2. The van der Waals surface area contributed by atoms with Gasteiger partial charge in [-0.15, -0.1) is 0 Å². The van der Waals surface area contributed by atoms with E-state index in [0.29, 0.717) is 42.2 Å². The third-order valence-electron chi connectivity index (χ3n) is 4.82. The lowest BCUT2D eigenvalue weighted by atomic mass is 10.1. The van der Waals surface area contributed by atoms with Crippen molar-refractivity contribution < 1.29 is 19.3 Å². The molecule has 8 heteroatoms. The van der Waals surface area contributed by atoms with Crippen LogP contribution in [0.1, 0.15) is 0 Å². The first-order chi connectivity index (χ1) is 14.7. The number of methoxy groups -OCH3 is 2. The standard InChI is InChI=1S/C22H24N4O4/c1-28-17-6-7-18(20(13-17)29-2)23-21-14-19(15-4-3-5-16(27)12-15)24-22(25-21)26-8-10-30-11-9-26/h3-7,12-14,27H,8-11H2,1-2H3,(H,23,24,25). The van der Waals surface area contributed by atoms with Crippen molar-refractivity contribution in [2.45, 2.75) is 0 Å². The van der Waals surface area contributed by atoms with Gasteiger partial charge in [0.15, 0.2) is 0 Å². The first-order valence-electron chi connectivity index (χ1n) is 9.66. The number of hydrogen-bond acceptors (Lipinski definition) is 8. The van der Waals surface area contributed by atoms with Crippen LogP contribution in [0.2, 0.25) is 0 Å². The van der Waals surface area contributed by atoms with E-state index in [9.17, 15) is 5.11 Å². The molecule has 0 spiro atoms. The summed E-state index contributed by atoms with van der Waals surface area (Å²) in [5, 5.41) is 13.2. The maximum absolute atomic E-state index is 9.90. The van der Waals surface area contributed by atoms with Crippen LogP contribution in [0.25, 0.3) is 11.3 Å². The topological polar surface area (TPSA) is 89.0 Å². The molecule has 1 aliphatic rings. The first kappa shape index (κ1) is 19.8. The number of phenolic OH excluding ortho intramolecular Hbond substituents is 1. The van der Waals surface area contributed by atoms with Gasteiger partial charge in [0.1, 0.15) is 23.1 Å². The highest BCUT2D eigenvalue weighted by Crippen LogP contribution is 2.33. The molecule has 0 unspecified atom stereocenters. The second kappa shape index (κ2) is 8.87. The Morgan fingerprint density at radius 1 is 1.00 bits per heavy atom. The number of anilines is 3. The van der Waals surface area contributed by atoms with E-state index in [-0.39, 0.29) is 5.75 Å². The molecule has 1 aromatic heterocycles. The molecule has 8 nitrogen and oxygen atoms in total. The van der Waals surface area contributed by atoms with E-state index in [4.69, 9.17) is 24.2 Å². The molecule has 0 bridgehead atoms. The van der Waals surface area contributed by atoms with Crippen molar-refractivity contribution in [3.63, 3.8) is 0 Å². The van der Waals surface area contributed by atoms with Gasteiger partial charge in [-0.25, -0.2) is 4.98 Å². The molecule has 0 atom stereocenters.